The molecule has 0 aromatic carbocycles. The Morgan fingerprint density at radius 1 is 0.913 bits per heavy atom. The van der Waals surface area contributed by atoms with Crippen molar-refractivity contribution >= 4 is 18.2 Å². The number of ether oxygens (including phenoxy) is 4. The first-order valence-corrected chi connectivity index (χ1v) is 17.6. The quantitative estimate of drug-likeness (QED) is 0.201. The van der Waals surface area contributed by atoms with E-state index in [2.05, 4.69) is 34.6 Å². The Morgan fingerprint density at radius 2 is 1.63 bits per heavy atom. The molecule has 15 atom stereocenters. The molecule has 0 bridgehead atoms. The first-order chi connectivity index (χ1) is 21.5. The van der Waals surface area contributed by atoms with Crippen LogP contribution in [0.15, 0.2) is 0 Å². The van der Waals surface area contributed by atoms with Gasteiger partial charge in [-0.05, 0) is 91.3 Å². The van der Waals surface area contributed by atoms with Crippen molar-refractivity contribution in [3.8, 4) is 0 Å². The lowest BCUT2D eigenvalue weighted by atomic mass is 9.37. The average Bonchev–Trinajstić information content (AvgIpc) is 3.55. The molecule has 0 aromatic heterocycles. The molecule has 6 fully saturated rings. The van der Waals surface area contributed by atoms with E-state index in [1.54, 1.807) is 0 Å². The van der Waals surface area contributed by atoms with Crippen LogP contribution in [-0.4, -0.2) is 83.1 Å². The van der Waals surface area contributed by atoms with E-state index in [9.17, 15) is 29.7 Å². The Kier molecular flexibility index (Phi) is 8.57. The SMILES string of the molecule is CC(=O)OC[C@H]1O[C@@H](O[C@@H]2C[C@H]3C(C)(C)[C@H](OC(C)=O)CC[C@]3(C)[C@H]3CC[C@]45C[C@]4(CC[C@H]5[C@@H](C)CC=O)[C@@]32C)[C@H](O)[C@@H](O)[C@@H]1O. The third kappa shape index (κ3) is 4.70. The maximum atomic E-state index is 12.2. The topological polar surface area (TPSA) is 149 Å². The summed E-state index contributed by atoms with van der Waals surface area (Å²) < 4.78 is 24.2. The molecule has 10 nitrogen and oxygen atoms in total. The van der Waals surface area contributed by atoms with E-state index in [1.807, 2.05) is 0 Å². The van der Waals surface area contributed by atoms with Gasteiger partial charge in [0.25, 0.3) is 0 Å². The molecule has 6 rings (SSSR count). The summed E-state index contributed by atoms with van der Waals surface area (Å²) in [7, 11) is 0. The highest BCUT2D eigenvalue weighted by atomic mass is 16.7. The first-order valence-electron chi connectivity index (χ1n) is 17.6. The Bertz CT molecular complexity index is 1220. The number of hydrogen-bond acceptors (Lipinski definition) is 10. The maximum Gasteiger partial charge on any atom is 0.302 e. The van der Waals surface area contributed by atoms with Gasteiger partial charge in [-0.1, -0.05) is 34.6 Å². The van der Waals surface area contributed by atoms with Gasteiger partial charge in [0.2, 0.25) is 0 Å². The van der Waals surface area contributed by atoms with Crippen molar-refractivity contribution < 1.29 is 48.7 Å². The zero-order chi connectivity index (χ0) is 33.6. The molecule has 0 spiro atoms. The van der Waals surface area contributed by atoms with Crippen molar-refractivity contribution in [1.82, 2.24) is 0 Å². The zero-order valence-corrected chi connectivity index (χ0v) is 28.7. The van der Waals surface area contributed by atoms with E-state index < -0.39 is 36.7 Å². The molecule has 3 N–H and O–H groups in total. The van der Waals surface area contributed by atoms with Crippen LogP contribution in [0.25, 0.3) is 0 Å². The molecule has 260 valence electrons. The van der Waals surface area contributed by atoms with Gasteiger partial charge in [-0.15, -0.1) is 0 Å². The maximum absolute atomic E-state index is 12.2. The lowest BCUT2D eigenvalue weighted by molar-refractivity contribution is -0.344. The summed E-state index contributed by atoms with van der Waals surface area (Å²) in [6.07, 6.45) is 2.10. The number of esters is 2. The number of carbonyl (C=O) groups excluding carboxylic acids is 3. The van der Waals surface area contributed by atoms with Crippen LogP contribution in [0.2, 0.25) is 0 Å². The summed E-state index contributed by atoms with van der Waals surface area (Å²) >= 11 is 0. The zero-order valence-electron chi connectivity index (χ0n) is 28.7. The third-order valence-electron chi connectivity index (χ3n) is 14.9. The molecule has 0 aromatic rings. The Balaban J connectivity index is 1.39. The van der Waals surface area contributed by atoms with Gasteiger partial charge in [0.1, 0.15) is 43.4 Å². The normalized spacial score (nSPS) is 51.0. The minimum atomic E-state index is -1.54. The van der Waals surface area contributed by atoms with Gasteiger partial charge in [0, 0.05) is 31.1 Å². The lowest BCUT2D eigenvalue weighted by Gasteiger charge is -2.69. The van der Waals surface area contributed by atoms with Crippen LogP contribution in [0.5, 0.6) is 0 Å². The molecule has 1 heterocycles. The van der Waals surface area contributed by atoms with Gasteiger partial charge in [-0.25, -0.2) is 0 Å². The number of aliphatic hydroxyl groups is 3. The van der Waals surface area contributed by atoms with E-state index in [4.69, 9.17) is 18.9 Å². The van der Waals surface area contributed by atoms with Crippen molar-refractivity contribution in [3.05, 3.63) is 0 Å². The second-order valence-electron chi connectivity index (χ2n) is 17.0. The second kappa shape index (κ2) is 11.5. The number of hydrogen-bond donors (Lipinski definition) is 3. The first kappa shape index (κ1) is 34.3. The monoisotopic (exact) mass is 648 g/mol. The van der Waals surface area contributed by atoms with E-state index in [0.29, 0.717) is 30.6 Å². The summed E-state index contributed by atoms with van der Waals surface area (Å²) in [5, 5.41) is 32.8. The predicted octanol–water partition coefficient (Wildman–Crippen LogP) is 3.95. The van der Waals surface area contributed by atoms with Crippen molar-refractivity contribution in [2.45, 2.75) is 149 Å². The van der Waals surface area contributed by atoms with E-state index in [1.165, 1.54) is 13.8 Å². The van der Waals surface area contributed by atoms with Crippen molar-refractivity contribution in [2.24, 2.45) is 50.7 Å². The van der Waals surface area contributed by atoms with Crippen LogP contribution in [0.1, 0.15) is 106 Å². The molecular formula is C36H56O10. The van der Waals surface area contributed by atoms with E-state index >= 15 is 0 Å². The number of carbonyl (C=O) groups is 3. The molecule has 0 unspecified atom stereocenters. The van der Waals surface area contributed by atoms with E-state index in [0.717, 1.165) is 51.2 Å². The lowest BCUT2D eigenvalue weighted by Crippen LogP contribution is -2.68. The van der Waals surface area contributed by atoms with Gasteiger partial charge >= 0.3 is 11.9 Å². The van der Waals surface area contributed by atoms with Gasteiger partial charge < -0.3 is 39.1 Å². The standard InChI is InChI=1S/C36H56O10/c1-19(11-15-37)22-8-14-36-18-35(22,36)13-9-24-33(6)12-10-26(44-21(3)39)32(4,5)25(33)16-27(34(24,36)7)46-31-30(42)29(41)28(40)23(45-31)17-43-20(2)38/h15,19,22-31,40-42H,8-14,16-18H2,1-7H3/t19-,22-,23+,24+,25-,26+,27+,28+,29-,30+,31-,33+,34-,35+,36+/m0/s1. The van der Waals surface area contributed by atoms with Crippen LogP contribution < -0.4 is 0 Å². The summed E-state index contributed by atoms with van der Waals surface area (Å²) in [5.74, 6) is 0.408. The fourth-order valence-corrected chi connectivity index (χ4v) is 12.9. The van der Waals surface area contributed by atoms with E-state index in [-0.39, 0.29) is 57.8 Å². The van der Waals surface area contributed by atoms with Crippen LogP contribution in [-0.2, 0) is 33.3 Å². The van der Waals surface area contributed by atoms with Crippen LogP contribution >= 0.6 is 0 Å². The predicted molar refractivity (Wildman–Crippen MR) is 166 cm³/mol. The van der Waals surface area contributed by atoms with Crippen LogP contribution in [0.3, 0.4) is 0 Å². The molecule has 5 saturated carbocycles. The second-order valence-corrected chi connectivity index (χ2v) is 17.0. The summed E-state index contributed by atoms with van der Waals surface area (Å²) in [6, 6.07) is 0. The summed E-state index contributed by atoms with van der Waals surface area (Å²) in [4.78, 5) is 35.3. The Morgan fingerprint density at radius 3 is 2.28 bits per heavy atom. The summed E-state index contributed by atoms with van der Waals surface area (Å²) in [5.41, 5.74) is -0.491. The summed E-state index contributed by atoms with van der Waals surface area (Å²) in [6.45, 7) is 13.9. The molecule has 46 heavy (non-hydrogen) atoms. The average molecular weight is 649 g/mol. The van der Waals surface area contributed by atoms with Gasteiger partial charge in [-0.3, -0.25) is 9.59 Å². The largest absolute Gasteiger partial charge is 0.463 e. The highest BCUT2D eigenvalue weighted by Gasteiger charge is 2.85. The van der Waals surface area contributed by atoms with Crippen molar-refractivity contribution in [2.75, 3.05) is 6.61 Å². The highest BCUT2D eigenvalue weighted by Crippen LogP contribution is 2.91. The fraction of sp³-hybridized carbons (Fsp3) is 0.917. The van der Waals surface area contributed by atoms with Crippen LogP contribution in [0, 0.1) is 50.7 Å². The third-order valence-corrected chi connectivity index (χ3v) is 14.9. The Labute approximate surface area is 273 Å². The number of rotatable bonds is 8. The van der Waals surface area contributed by atoms with Gasteiger partial charge in [0.15, 0.2) is 6.29 Å². The Hall–Kier alpha value is -1.59. The molecule has 10 heteroatoms. The van der Waals surface area contributed by atoms with Crippen molar-refractivity contribution in [3.63, 3.8) is 0 Å². The molecular weight excluding hydrogens is 592 g/mol. The molecule has 5 aliphatic carbocycles. The highest BCUT2D eigenvalue weighted by molar-refractivity contribution is 5.66. The molecule has 1 aliphatic heterocycles. The number of aliphatic hydroxyl groups excluding tert-OH is 3. The number of aldehydes is 1. The van der Waals surface area contributed by atoms with Gasteiger partial charge in [0.05, 0.1) is 6.10 Å². The molecule has 1 saturated heterocycles. The molecule has 0 amide bonds. The smallest absolute Gasteiger partial charge is 0.302 e. The van der Waals surface area contributed by atoms with Crippen molar-refractivity contribution in [1.29, 1.82) is 0 Å². The van der Waals surface area contributed by atoms with Crippen LogP contribution in [0.4, 0.5) is 0 Å². The molecule has 6 aliphatic rings. The molecule has 0 radical (unpaired) electrons. The minimum absolute atomic E-state index is 0.0230. The minimum Gasteiger partial charge on any atom is -0.463 e. The number of fused-ring (bicyclic) bond motifs is 3. The fourth-order valence-electron chi connectivity index (χ4n) is 12.9. The van der Waals surface area contributed by atoms with Gasteiger partial charge in [-0.2, -0.15) is 0 Å².